The van der Waals surface area contributed by atoms with E-state index in [1.54, 1.807) is 12.3 Å². The summed E-state index contributed by atoms with van der Waals surface area (Å²) in [7, 11) is -3.50. The molecule has 0 spiro atoms. The lowest BCUT2D eigenvalue weighted by molar-refractivity contribution is 0.122. The Morgan fingerprint density at radius 1 is 1.13 bits per heavy atom. The van der Waals surface area contributed by atoms with E-state index in [2.05, 4.69) is 42.3 Å². The third kappa shape index (κ3) is 5.73. The highest BCUT2D eigenvalue weighted by molar-refractivity contribution is 7.90. The molecule has 0 aromatic carbocycles. The molecule has 0 bridgehead atoms. The summed E-state index contributed by atoms with van der Waals surface area (Å²) in [5.41, 5.74) is 9.03. The molecule has 1 aliphatic carbocycles. The smallest absolute Gasteiger partial charge is 0.257 e. The van der Waals surface area contributed by atoms with Crippen LogP contribution >= 0.6 is 0 Å². The van der Waals surface area contributed by atoms with Gasteiger partial charge >= 0.3 is 0 Å². The quantitative estimate of drug-likeness (QED) is 0.313. The van der Waals surface area contributed by atoms with Crippen LogP contribution < -0.4 is 11.1 Å². The maximum absolute atomic E-state index is 12.6. The molecule has 202 valence electrons. The Balaban J connectivity index is 1.39. The average molecular weight is 554 g/mol. The first-order chi connectivity index (χ1) is 18.6. The predicted molar refractivity (Wildman–Crippen MR) is 141 cm³/mol. The molecule has 0 unspecified atom stereocenters. The van der Waals surface area contributed by atoms with E-state index in [4.69, 9.17) is 5.73 Å². The molecule has 14 heteroatoms. The lowest BCUT2D eigenvalue weighted by Gasteiger charge is -2.17. The van der Waals surface area contributed by atoms with E-state index in [9.17, 15) is 17.2 Å². The number of hydrogen-bond donors (Lipinski definition) is 2. The Bertz CT molecular complexity index is 1680. The summed E-state index contributed by atoms with van der Waals surface area (Å²) in [6.45, 7) is 3.42. The van der Waals surface area contributed by atoms with Crippen LogP contribution in [-0.4, -0.2) is 54.0 Å². The van der Waals surface area contributed by atoms with Crippen LogP contribution in [0.4, 0.5) is 26.1 Å². The molecule has 4 heterocycles. The molecule has 0 atom stereocenters. The zero-order valence-corrected chi connectivity index (χ0v) is 21.9. The second-order valence-corrected chi connectivity index (χ2v) is 11.4. The van der Waals surface area contributed by atoms with Gasteiger partial charge in [-0.1, -0.05) is 25.7 Å². The number of rotatable bonds is 8. The molecular formula is C25H25F2N9O2S. The Morgan fingerprint density at radius 2 is 1.92 bits per heavy atom. The number of nitrogens with one attached hydrogen (secondary N) is 1. The summed E-state index contributed by atoms with van der Waals surface area (Å²) >= 11 is 0. The number of nitrogen functional groups attached to an aromatic ring is 1. The average Bonchev–Trinajstić information content (AvgIpc) is 3.46. The maximum atomic E-state index is 12.6. The number of alkyl halides is 2. The summed E-state index contributed by atoms with van der Waals surface area (Å²) in [6.07, 6.45) is 7.52. The third-order valence-corrected chi connectivity index (χ3v) is 8.00. The van der Waals surface area contributed by atoms with Gasteiger partial charge in [0.15, 0.2) is 5.82 Å². The number of pyridine rings is 1. The highest BCUT2D eigenvalue weighted by Crippen LogP contribution is 2.33. The first-order valence-corrected chi connectivity index (χ1v) is 13.6. The van der Waals surface area contributed by atoms with E-state index >= 15 is 0 Å². The SMILES string of the molecule is CC(C)c1c(Nc2ccnc(-c3cnn(S(=O)(=O)C4CC4)c3)n2)ncc(C#Cc2cnn(CC(F)F)c2)c1N. The third-order valence-electron chi connectivity index (χ3n) is 5.96. The number of nitrogens with two attached hydrogens (primary N) is 1. The molecule has 39 heavy (non-hydrogen) atoms. The van der Waals surface area contributed by atoms with E-state index in [-0.39, 0.29) is 11.2 Å². The number of aromatic nitrogens is 7. The first kappa shape index (κ1) is 26.2. The Hall–Kier alpha value is -4.38. The van der Waals surface area contributed by atoms with E-state index < -0.39 is 23.0 Å². The van der Waals surface area contributed by atoms with Crippen molar-refractivity contribution in [2.45, 2.75) is 50.8 Å². The minimum Gasteiger partial charge on any atom is -0.397 e. The summed E-state index contributed by atoms with van der Waals surface area (Å²) in [5, 5.41) is 10.7. The van der Waals surface area contributed by atoms with Crippen molar-refractivity contribution in [3.63, 3.8) is 0 Å². The van der Waals surface area contributed by atoms with Gasteiger partial charge in [0.05, 0.1) is 46.2 Å². The molecule has 11 nitrogen and oxygen atoms in total. The normalized spacial score (nSPS) is 13.5. The maximum Gasteiger partial charge on any atom is 0.257 e. The number of hydrogen-bond acceptors (Lipinski definition) is 9. The predicted octanol–water partition coefficient (Wildman–Crippen LogP) is 3.39. The summed E-state index contributed by atoms with van der Waals surface area (Å²) in [5.74, 6) is 7.02. The zero-order chi connectivity index (χ0) is 27.7. The lowest BCUT2D eigenvalue weighted by Crippen LogP contribution is -2.17. The van der Waals surface area contributed by atoms with Crippen molar-refractivity contribution in [3.05, 3.63) is 59.9 Å². The van der Waals surface area contributed by atoms with Crippen LogP contribution in [0.1, 0.15) is 49.3 Å². The Labute approximate surface area is 223 Å². The molecular weight excluding hydrogens is 528 g/mol. The van der Waals surface area contributed by atoms with E-state index in [0.29, 0.717) is 52.7 Å². The van der Waals surface area contributed by atoms with Crippen molar-refractivity contribution >= 4 is 27.3 Å². The molecule has 1 saturated carbocycles. The van der Waals surface area contributed by atoms with Crippen molar-refractivity contribution < 1.29 is 17.2 Å². The summed E-state index contributed by atoms with van der Waals surface area (Å²) < 4.78 is 52.2. The molecule has 0 aliphatic heterocycles. The van der Waals surface area contributed by atoms with E-state index in [1.165, 1.54) is 31.0 Å². The van der Waals surface area contributed by atoms with Gasteiger partial charge in [-0.2, -0.15) is 14.3 Å². The van der Waals surface area contributed by atoms with Crippen LogP contribution in [0.25, 0.3) is 11.4 Å². The van der Waals surface area contributed by atoms with Crippen LogP contribution in [-0.2, 0) is 16.6 Å². The second-order valence-electron chi connectivity index (χ2n) is 9.33. The minimum absolute atomic E-state index is 0.0253. The molecule has 0 amide bonds. The Morgan fingerprint density at radius 3 is 2.64 bits per heavy atom. The molecule has 1 fully saturated rings. The van der Waals surface area contributed by atoms with Crippen molar-refractivity contribution in [3.8, 4) is 23.2 Å². The molecule has 1 aliphatic rings. The topological polar surface area (TPSA) is 146 Å². The number of halogens is 2. The zero-order valence-electron chi connectivity index (χ0n) is 21.1. The Kier molecular flexibility index (Phi) is 7.00. The van der Waals surface area contributed by atoms with Crippen molar-refractivity contribution in [2.75, 3.05) is 11.1 Å². The van der Waals surface area contributed by atoms with Gasteiger partial charge in [-0.15, -0.1) is 0 Å². The van der Waals surface area contributed by atoms with Gasteiger partial charge in [0.25, 0.3) is 16.4 Å². The largest absolute Gasteiger partial charge is 0.397 e. The van der Waals surface area contributed by atoms with Crippen LogP contribution in [0.15, 0.2) is 43.2 Å². The van der Waals surface area contributed by atoms with Gasteiger partial charge in [0, 0.05) is 24.2 Å². The summed E-state index contributed by atoms with van der Waals surface area (Å²) in [4.78, 5) is 13.3. The fraction of sp³-hybridized carbons (Fsp3) is 0.320. The molecule has 4 aromatic heterocycles. The van der Waals surface area contributed by atoms with Gasteiger partial charge in [-0.3, -0.25) is 4.68 Å². The molecule has 0 saturated heterocycles. The van der Waals surface area contributed by atoms with Crippen LogP contribution in [0.2, 0.25) is 0 Å². The van der Waals surface area contributed by atoms with Crippen LogP contribution in [0, 0.1) is 11.8 Å². The highest BCUT2D eigenvalue weighted by Gasteiger charge is 2.37. The van der Waals surface area contributed by atoms with E-state index in [1.807, 2.05) is 13.8 Å². The number of anilines is 3. The number of nitrogens with zero attached hydrogens (tertiary/aromatic N) is 7. The molecule has 5 rings (SSSR count). The van der Waals surface area contributed by atoms with Gasteiger partial charge in [0.2, 0.25) is 0 Å². The van der Waals surface area contributed by atoms with Gasteiger partial charge in [-0.05, 0) is 24.8 Å². The molecule has 0 radical (unpaired) electrons. The summed E-state index contributed by atoms with van der Waals surface area (Å²) in [6, 6.07) is 1.65. The van der Waals surface area contributed by atoms with Crippen molar-refractivity contribution in [2.24, 2.45) is 0 Å². The van der Waals surface area contributed by atoms with Crippen LogP contribution in [0.3, 0.4) is 0 Å². The lowest BCUT2D eigenvalue weighted by atomic mass is 9.99. The first-order valence-electron chi connectivity index (χ1n) is 12.1. The van der Waals surface area contributed by atoms with E-state index in [0.717, 1.165) is 14.3 Å². The second kappa shape index (κ2) is 10.4. The van der Waals surface area contributed by atoms with Gasteiger partial charge in [0.1, 0.15) is 18.2 Å². The highest BCUT2D eigenvalue weighted by atomic mass is 32.2. The van der Waals surface area contributed by atoms with Crippen molar-refractivity contribution in [1.82, 2.24) is 33.9 Å². The molecule has 3 N–H and O–H groups in total. The van der Waals surface area contributed by atoms with Crippen molar-refractivity contribution in [1.29, 1.82) is 0 Å². The molecule has 4 aromatic rings. The fourth-order valence-electron chi connectivity index (χ4n) is 3.90. The minimum atomic E-state index is -3.50. The fourth-order valence-corrected chi connectivity index (χ4v) is 5.38. The van der Waals surface area contributed by atoms with Crippen LogP contribution in [0.5, 0.6) is 0 Å². The van der Waals surface area contributed by atoms with Gasteiger partial charge in [-0.25, -0.2) is 32.2 Å². The van der Waals surface area contributed by atoms with Gasteiger partial charge < -0.3 is 11.1 Å². The monoisotopic (exact) mass is 553 g/mol. The standard InChI is InChI=1S/C25H25F2N9O2S/c1-15(2)22-23(28)17(4-3-16-9-31-35(12-16)14-20(26)27)10-30-25(22)34-21-7-8-29-24(33-21)18-11-32-36(13-18)39(37,38)19-5-6-19/h7-13,15,19-20H,5-6,14H2,1-2H3,(H3,28,29,30,33,34).